The zero-order chi connectivity index (χ0) is 13.8. The fourth-order valence-electron chi connectivity index (χ4n) is 2.14. The van der Waals surface area contributed by atoms with Gasteiger partial charge in [-0.3, -0.25) is 0 Å². The molecule has 0 amide bonds. The van der Waals surface area contributed by atoms with E-state index in [0.717, 1.165) is 17.5 Å². The zero-order valence-electron chi connectivity index (χ0n) is 11.1. The molecule has 2 aromatic carbocycles. The summed E-state index contributed by atoms with van der Waals surface area (Å²) in [4.78, 5) is 0. The van der Waals surface area contributed by atoms with Crippen LogP contribution in [0.2, 0.25) is 5.02 Å². The molecule has 0 aliphatic carbocycles. The molecule has 0 aromatic heterocycles. The lowest BCUT2D eigenvalue weighted by atomic mass is 9.97. The fourth-order valence-corrected chi connectivity index (χ4v) is 2.26. The summed E-state index contributed by atoms with van der Waals surface area (Å²) in [5, 5.41) is 3.88. The van der Waals surface area contributed by atoms with E-state index in [9.17, 15) is 4.39 Å². The predicted octanol–water partition coefficient (Wildman–Crippen LogP) is 4.29. The molecule has 1 atom stereocenters. The first kappa shape index (κ1) is 14.0. The van der Waals surface area contributed by atoms with E-state index in [1.54, 1.807) is 6.07 Å². The molecule has 2 rings (SSSR count). The number of rotatable bonds is 4. The van der Waals surface area contributed by atoms with Gasteiger partial charge in [0.25, 0.3) is 0 Å². The molecule has 0 saturated carbocycles. The van der Waals surface area contributed by atoms with Gasteiger partial charge in [-0.05, 0) is 49.7 Å². The number of hydrogen-bond donors (Lipinski definition) is 1. The molecule has 1 unspecified atom stereocenters. The smallest absolute Gasteiger partial charge is 0.128 e. The van der Waals surface area contributed by atoms with Crippen molar-refractivity contribution in [2.45, 2.75) is 19.4 Å². The summed E-state index contributed by atoms with van der Waals surface area (Å²) in [6, 6.07) is 13.0. The minimum Gasteiger partial charge on any atom is -0.313 e. The first-order valence-electron chi connectivity index (χ1n) is 6.28. The minimum atomic E-state index is -0.159. The van der Waals surface area contributed by atoms with E-state index >= 15 is 0 Å². The van der Waals surface area contributed by atoms with Gasteiger partial charge in [-0.1, -0.05) is 35.9 Å². The first-order valence-corrected chi connectivity index (χ1v) is 6.65. The topological polar surface area (TPSA) is 12.0 Å². The molecule has 0 saturated heterocycles. The molecule has 0 heterocycles. The van der Waals surface area contributed by atoms with Crippen molar-refractivity contribution in [2.24, 2.45) is 0 Å². The van der Waals surface area contributed by atoms with E-state index in [2.05, 4.69) is 5.32 Å². The Morgan fingerprint density at radius 2 is 1.84 bits per heavy atom. The normalized spacial score (nSPS) is 12.4. The predicted molar refractivity (Wildman–Crippen MR) is 78.1 cm³/mol. The quantitative estimate of drug-likeness (QED) is 0.879. The molecule has 0 spiro atoms. The molecule has 100 valence electrons. The highest BCUT2D eigenvalue weighted by molar-refractivity contribution is 6.30. The highest BCUT2D eigenvalue weighted by Gasteiger charge is 2.14. The molecule has 3 heteroatoms. The Balaban J connectivity index is 2.22. The van der Waals surface area contributed by atoms with Crippen molar-refractivity contribution in [3.05, 3.63) is 70.0 Å². The number of hydrogen-bond acceptors (Lipinski definition) is 1. The second kappa shape index (κ2) is 6.18. The molecule has 0 aliphatic heterocycles. The molecule has 1 nitrogen and oxygen atoms in total. The molecule has 0 radical (unpaired) electrons. The molecule has 19 heavy (non-hydrogen) atoms. The van der Waals surface area contributed by atoms with Gasteiger partial charge in [0.05, 0.1) is 0 Å². The minimum absolute atomic E-state index is 0.0400. The average molecular weight is 278 g/mol. The third kappa shape index (κ3) is 3.55. The maximum atomic E-state index is 14.0. The first-order chi connectivity index (χ1) is 9.10. The van der Waals surface area contributed by atoms with E-state index in [-0.39, 0.29) is 11.9 Å². The Labute approximate surface area is 118 Å². The molecule has 2 aromatic rings. The van der Waals surface area contributed by atoms with Gasteiger partial charge >= 0.3 is 0 Å². The van der Waals surface area contributed by atoms with Crippen molar-refractivity contribution < 1.29 is 4.39 Å². The Bertz CT molecular complexity index is 551. The van der Waals surface area contributed by atoms with Gasteiger partial charge in [0.1, 0.15) is 5.82 Å². The lowest BCUT2D eigenvalue weighted by Crippen LogP contribution is -2.20. The van der Waals surface area contributed by atoms with Crippen LogP contribution in [0, 0.1) is 12.7 Å². The van der Waals surface area contributed by atoms with E-state index in [1.165, 1.54) is 0 Å². The Kier molecular flexibility index (Phi) is 4.56. The van der Waals surface area contributed by atoms with Crippen LogP contribution in [0.3, 0.4) is 0 Å². The number of benzene rings is 2. The SMILES string of the molecule is CNC(Cc1ccc(Cl)cc1)c1ccc(C)cc1F. The van der Waals surface area contributed by atoms with Gasteiger partial charge in [0, 0.05) is 16.6 Å². The van der Waals surface area contributed by atoms with E-state index in [0.29, 0.717) is 10.6 Å². The van der Waals surface area contributed by atoms with Gasteiger partial charge in [0.15, 0.2) is 0 Å². The van der Waals surface area contributed by atoms with Crippen LogP contribution in [-0.2, 0) is 6.42 Å². The van der Waals surface area contributed by atoms with Crippen molar-refractivity contribution in [3.8, 4) is 0 Å². The molecule has 0 aliphatic rings. The Morgan fingerprint density at radius 1 is 1.16 bits per heavy atom. The monoisotopic (exact) mass is 277 g/mol. The van der Waals surface area contributed by atoms with Crippen LogP contribution < -0.4 is 5.32 Å². The summed E-state index contributed by atoms with van der Waals surface area (Å²) in [7, 11) is 1.85. The van der Waals surface area contributed by atoms with Crippen LogP contribution in [0.4, 0.5) is 4.39 Å². The van der Waals surface area contributed by atoms with Crippen LogP contribution in [-0.4, -0.2) is 7.05 Å². The van der Waals surface area contributed by atoms with Crippen LogP contribution in [0.25, 0.3) is 0 Å². The maximum Gasteiger partial charge on any atom is 0.128 e. The van der Waals surface area contributed by atoms with Gasteiger partial charge in [-0.25, -0.2) is 4.39 Å². The summed E-state index contributed by atoms with van der Waals surface area (Å²) < 4.78 is 14.0. The van der Waals surface area contributed by atoms with E-state index < -0.39 is 0 Å². The summed E-state index contributed by atoms with van der Waals surface area (Å²) in [6.07, 6.45) is 0.730. The Hall–Kier alpha value is -1.38. The number of aryl methyl sites for hydroxylation is 1. The summed E-state index contributed by atoms with van der Waals surface area (Å²) >= 11 is 5.87. The van der Waals surface area contributed by atoms with Gasteiger partial charge < -0.3 is 5.32 Å². The molecule has 1 N–H and O–H groups in total. The highest BCUT2D eigenvalue weighted by Crippen LogP contribution is 2.22. The van der Waals surface area contributed by atoms with Crippen molar-refractivity contribution in [3.63, 3.8) is 0 Å². The molecular formula is C16H17ClFN. The third-order valence-corrected chi connectivity index (χ3v) is 3.48. The van der Waals surface area contributed by atoms with Crippen LogP contribution in [0.5, 0.6) is 0 Å². The van der Waals surface area contributed by atoms with Crippen molar-refractivity contribution >= 4 is 11.6 Å². The third-order valence-electron chi connectivity index (χ3n) is 3.23. The zero-order valence-corrected chi connectivity index (χ0v) is 11.8. The lowest BCUT2D eigenvalue weighted by Gasteiger charge is -2.18. The van der Waals surface area contributed by atoms with E-state index in [1.807, 2.05) is 50.4 Å². The number of likely N-dealkylation sites (N-methyl/N-ethyl adjacent to an activating group) is 1. The fraction of sp³-hybridized carbons (Fsp3) is 0.250. The van der Waals surface area contributed by atoms with Gasteiger partial charge in [0.2, 0.25) is 0 Å². The van der Waals surface area contributed by atoms with Crippen LogP contribution in [0.15, 0.2) is 42.5 Å². The van der Waals surface area contributed by atoms with Crippen molar-refractivity contribution in [1.29, 1.82) is 0 Å². The van der Waals surface area contributed by atoms with Crippen molar-refractivity contribution in [1.82, 2.24) is 5.32 Å². The second-order valence-corrected chi connectivity index (χ2v) is 5.13. The molecule has 0 bridgehead atoms. The second-order valence-electron chi connectivity index (χ2n) is 4.70. The largest absolute Gasteiger partial charge is 0.313 e. The van der Waals surface area contributed by atoms with Crippen molar-refractivity contribution in [2.75, 3.05) is 7.05 Å². The standard InChI is InChI=1S/C16H17ClFN/c1-11-3-8-14(15(18)9-11)16(19-2)10-12-4-6-13(17)7-5-12/h3-9,16,19H,10H2,1-2H3. The van der Waals surface area contributed by atoms with E-state index in [4.69, 9.17) is 11.6 Å². The molecular weight excluding hydrogens is 261 g/mol. The van der Waals surface area contributed by atoms with Crippen LogP contribution in [0.1, 0.15) is 22.7 Å². The van der Waals surface area contributed by atoms with Gasteiger partial charge in [-0.2, -0.15) is 0 Å². The van der Waals surface area contributed by atoms with Gasteiger partial charge in [-0.15, -0.1) is 0 Å². The number of halogens is 2. The Morgan fingerprint density at radius 3 is 2.42 bits per heavy atom. The highest BCUT2D eigenvalue weighted by atomic mass is 35.5. The summed E-state index contributed by atoms with van der Waals surface area (Å²) in [5.41, 5.74) is 2.76. The average Bonchev–Trinajstić information content (AvgIpc) is 2.39. The summed E-state index contributed by atoms with van der Waals surface area (Å²) in [6.45, 7) is 1.89. The summed E-state index contributed by atoms with van der Waals surface area (Å²) in [5.74, 6) is -0.159. The lowest BCUT2D eigenvalue weighted by molar-refractivity contribution is 0.533. The van der Waals surface area contributed by atoms with Crippen LogP contribution >= 0.6 is 11.6 Å². The number of nitrogens with one attached hydrogen (secondary N) is 1. The maximum absolute atomic E-state index is 14.0. The molecule has 0 fully saturated rings.